The minimum absolute atomic E-state index is 0.291. The fourth-order valence-corrected chi connectivity index (χ4v) is 4.27. The maximum absolute atomic E-state index is 14.0. The van der Waals surface area contributed by atoms with Crippen LogP contribution in [-0.4, -0.2) is 37.6 Å². The first kappa shape index (κ1) is 23.7. The molecule has 0 fully saturated rings. The molecule has 1 aromatic heterocycles. The lowest BCUT2D eigenvalue weighted by Gasteiger charge is -2.21. The van der Waals surface area contributed by atoms with Crippen LogP contribution < -0.4 is 19.9 Å². The zero-order chi connectivity index (χ0) is 24.6. The van der Waals surface area contributed by atoms with E-state index in [1.165, 1.54) is 26.4 Å². The number of ether oxygens (including phenoxy) is 2. The van der Waals surface area contributed by atoms with E-state index in [1.807, 2.05) is 6.92 Å². The quantitative estimate of drug-likeness (QED) is 0.511. The standard InChI is InChI=1S/C25H26F3N3O3/c1-5-30(2)16-9-10-21(25(26,27)28)22(13-16)31-24(32)20-8-6-7-19(20)23(29-31)15-11-17(33-3)14-18(12-15)34-4/h9-14H,5-8H2,1-4H3. The minimum atomic E-state index is -4.65. The maximum Gasteiger partial charge on any atom is 0.418 e. The second-order valence-corrected chi connectivity index (χ2v) is 8.19. The average Bonchev–Trinajstić information content (AvgIpc) is 3.33. The van der Waals surface area contributed by atoms with Gasteiger partial charge in [-0.15, -0.1) is 0 Å². The third-order valence-electron chi connectivity index (χ3n) is 6.21. The van der Waals surface area contributed by atoms with E-state index in [0.717, 1.165) is 22.7 Å². The molecule has 0 saturated heterocycles. The Morgan fingerprint density at radius 1 is 1.03 bits per heavy atom. The summed E-state index contributed by atoms with van der Waals surface area (Å²) in [5.41, 5.74) is 1.15. The van der Waals surface area contributed by atoms with Gasteiger partial charge in [-0.2, -0.15) is 23.0 Å². The molecule has 3 aromatic rings. The molecular formula is C25H26F3N3O3. The van der Waals surface area contributed by atoms with Crippen LogP contribution in [0.15, 0.2) is 41.2 Å². The van der Waals surface area contributed by atoms with Crippen LogP contribution in [-0.2, 0) is 19.0 Å². The van der Waals surface area contributed by atoms with Crippen LogP contribution in [0.25, 0.3) is 16.9 Å². The van der Waals surface area contributed by atoms with Crippen molar-refractivity contribution in [1.29, 1.82) is 0 Å². The zero-order valence-electron chi connectivity index (χ0n) is 19.5. The first-order valence-corrected chi connectivity index (χ1v) is 11.0. The van der Waals surface area contributed by atoms with Gasteiger partial charge in [0.1, 0.15) is 11.5 Å². The molecule has 0 amide bonds. The lowest BCUT2D eigenvalue weighted by atomic mass is 10.0. The first-order valence-electron chi connectivity index (χ1n) is 11.0. The molecule has 1 aliphatic rings. The topological polar surface area (TPSA) is 56.6 Å². The second-order valence-electron chi connectivity index (χ2n) is 8.19. The Labute approximate surface area is 195 Å². The molecule has 1 heterocycles. The lowest BCUT2D eigenvalue weighted by molar-refractivity contribution is -0.137. The third-order valence-corrected chi connectivity index (χ3v) is 6.21. The van der Waals surface area contributed by atoms with E-state index in [-0.39, 0.29) is 5.69 Å². The van der Waals surface area contributed by atoms with Gasteiger partial charge in [0.2, 0.25) is 0 Å². The van der Waals surface area contributed by atoms with Crippen molar-refractivity contribution in [3.05, 3.63) is 63.4 Å². The molecule has 0 atom stereocenters. The van der Waals surface area contributed by atoms with Crippen LogP contribution in [0.5, 0.6) is 11.5 Å². The van der Waals surface area contributed by atoms with Crippen molar-refractivity contribution in [2.45, 2.75) is 32.4 Å². The number of benzene rings is 2. The molecule has 34 heavy (non-hydrogen) atoms. The summed E-state index contributed by atoms with van der Waals surface area (Å²) in [7, 11) is 4.81. The fraction of sp³-hybridized carbons (Fsp3) is 0.360. The van der Waals surface area contributed by atoms with Crippen molar-refractivity contribution < 1.29 is 22.6 Å². The van der Waals surface area contributed by atoms with E-state index in [0.29, 0.717) is 53.4 Å². The summed E-state index contributed by atoms with van der Waals surface area (Å²) in [6.07, 6.45) is -2.81. The van der Waals surface area contributed by atoms with Gasteiger partial charge in [-0.3, -0.25) is 4.79 Å². The summed E-state index contributed by atoms with van der Waals surface area (Å²) >= 11 is 0. The predicted molar refractivity (Wildman–Crippen MR) is 124 cm³/mol. The molecule has 6 nitrogen and oxygen atoms in total. The van der Waals surface area contributed by atoms with Gasteiger partial charge in [-0.05, 0) is 62.1 Å². The largest absolute Gasteiger partial charge is 0.497 e. The molecule has 4 rings (SSSR count). The first-order chi connectivity index (χ1) is 16.2. The number of rotatable bonds is 6. The number of hydrogen-bond donors (Lipinski definition) is 0. The van der Waals surface area contributed by atoms with Crippen molar-refractivity contribution >= 4 is 5.69 Å². The van der Waals surface area contributed by atoms with Crippen LogP contribution in [0.1, 0.15) is 30.0 Å². The molecule has 0 radical (unpaired) electrons. The van der Waals surface area contributed by atoms with E-state index in [9.17, 15) is 18.0 Å². The van der Waals surface area contributed by atoms with Crippen molar-refractivity contribution in [2.24, 2.45) is 0 Å². The molecule has 9 heteroatoms. The molecule has 0 spiro atoms. The maximum atomic E-state index is 14.0. The molecule has 0 aliphatic heterocycles. The Hall–Kier alpha value is -3.49. The van der Waals surface area contributed by atoms with Crippen LogP contribution in [0.2, 0.25) is 0 Å². The highest BCUT2D eigenvalue weighted by Gasteiger charge is 2.36. The average molecular weight is 473 g/mol. The van der Waals surface area contributed by atoms with E-state index in [4.69, 9.17) is 9.47 Å². The molecule has 0 bridgehead atoms. The predicted octanol–water partition coefficient (Wildman–Crippen LogP) is 4.88. The highest BCUT2D eigenvalue weighted by Crippen LogP contribution is 2.37. The van der Waals surface area contributed by atoms with Crippen LogP contribution in [0.3, 0.4) is 0 Å². The van der Waals surface area contributed by atoms with Crippen molar-refractivity contribution in [1.82, 2.24) is 9.78 Å². The van der Waals surface area contributed by atoms with Gasteiger partial charge in [0.25, 0.3) is 5.56 Å². The smallest absolute Gasteiger partial charge is 0.418 e. The number of fused-ring (bicyclic) bond motifs is 1. The van der Waals surface area contributed by atoms with E-state index in [2.05, 4.69) is 5.10 Å². The van der Waals surface area contributed by atoms with Crippen molar-refractivity contribution in [3.63, 3.8) is 0 Å². The second kappa shape index (κ2) is 9.04. The number of nitrogens with zero attached hydrogens (tertiary/aromatic N) is 3. The van der Waals surface area contributed by atoms with Gasteiger partial charge < -0.3 is 14.4 Å². The number of methoxy groups -OCH3 is 2. The van der Waals surface area contributed by atoms with Gasteiger partial charge >= 0.3 is 6.18 Å². The molecule has 1 aliphatic carbocycles. The Morgan fingerprint density at radius 2 is 1.68 bits per heavy atom. The van der Waals surface area contributed by atoms with Gasteiger partial charge in [-0.1, -0.05) is 0 Å². The lowest BCUT2D eigenvalue weighted by Crippen LogP contribution is -2.28. The van der Waals surface area contributed by atoms with Gasteiger partial charge in [0.15, 0.2) is 0 Å². The van der Waals surface area contributed by atoms with Crippen molar-refractivity contribution in [2.75, 3.05) is 32.7 Å². The van der Waals surface area contributed by atoms with Crippen LogP contribution in [0, 0.1) is 0 Å². The highest BCUT2D eigenvalue weighted by atomic mass is 19.4. The summed E-state index contributed by atoms with van der Waals surface area (Å²) in [5, 5.41) is 4.51. The van der Waals surface area contributed by atoms with Gasteiger partial charge in [0, 0.05) is 36.5 Å². The Morgan fingerprint density at radius 3 is 2.26 bits per heavy atom. The Balaban J connectivity index is 2.03. The van der Waals surface area contributed by atoms with Crippen LogP contribution in [0.4, 0.5) is 18.9 Å². The number of aromatic nitrogens is 2. The highest BCUT2D eigenvalue weighted by molar-refractivity contribution is 5.69. The Kier molecular flexibility index (Phi) is 6.29. The summed E-state index contributed by atoms with van der Waals surface area (Å²) < 4.78 is 53.6. The normalized spacial score (nSPS) is 13.0. The molecule has 0 saturated carbocycles. The number of alkyl halides is 3. The van der Waals surface area contributed by atoms with Crippen LogP contribution >= 0.6 is 0 Å². The molecular weight excluding hydrogens is 447 g/mol. The summed E-state index contributed by atoms with van der Waals surface area (Å²) in [6, 6.07) is 8.96. The molecule has 0 unspecified atom stereocenters. The molecule has 0 N–H and O–H groups in total. The summed E-state index contributed by atoms with van der Waals surface area (Å²) in [5.74, 6) is 1.03. The monoisotopic (exact) mass is 473 g/mol. The van der Waals surface area contributed by atoms with E-state index >= 15 is 0 Å². The SMILES string of the molecule is CCN(C)c1ccc(C(F)(F)F)c(-n2nc(-c3cc(OC)cc(OC)c3)c3c(c2=O)CCC3)c1. The minimum Gasteiger partial charge on any atom is -0.497 e. The zero-order valence-corrected chi connectivity index (χ0v) is 19.5. The van der Waals surface area contributed by atoms with Gasteiger partial charge in [0.05, 0.1) is 31.2 Å². The fourth-order valence-electron chi connectivity index (χ4n) is 4.27. The number of anilines is 1. The third kappa shape index (κ3) is 4.22. The summed E-state index contributed by atoms with van der Waals surface area (Å²) in [6.45, 7) is 2.48. The Bertz CT molecular complexity index is 1260. The molecule has 2 aromatic carbocycles. The number of hydrogen-bond acceptors (Lipinski definition) is 5. The number of halogens is 3. The summed E-state index contributed by atoms with van der Waals surface area (Å²) in [4.78, 5) is 15.2. The van der Waals surface area contributed by atoms with Gasteiger partial charge in [-0.25, -0.2) is 0 Å². The van der Waals surface area contributed by atoms with Crippen molar-refractivity contribution in [3.8, 4) is 28.4 Å². The van der Waals surface area contributed by atoms with E-state index < -0.39 is 17.3 Å². The van der Waals surface area contributed by atoms with E-state index in [1.54, 1.807) is 30.1 Å². The molecule has 180 valence electrons.